The van der Waals surface area contributed by atoms with Gasteiger partial charge < -0.3 is 5.32 Å². The van der Waals surface area contributed by atoms with E-state index in [1.165, 1.54) is 0 Å². The van der Waals surface area contributed by atoms with Gasteiger partial charge in [-0.15, -0.1) is 0 Å². The van der Waals surface area contributed by atoms with Crippen molar-refractivity contribution in [1.82, 2.24) is 4.98 Å². The molecule has 0 aliphatic heterocycles. The number of hydrogen-bond donors (Lipinski definition) is 1. The molecule has 0 saturated heterocycles. The maximum absolute atomic E-state index is 11.3. The smallest absolute Gasteiger partial charge is 0.128 e. The van der Waals surface area contributed by atoms with E-state index in [1.54, 1.807) is 6.07 Å². The topological polar surface area (TPSA) is 65.8 Å². The average molecular weight is 273 g/mol. The lowest BCUT2D eigenvalue weighted by Gasteiger charge is -2.07. The van der Waals surface area contributed by atoms with E-state index in [1.807, 2.05) is 31.2 Å². The SMILES string of the molecule is CCS(=O)CCNc1cc(C#N)c2ccccc2n1. The molecule has 1 atom stereocenters. The van der Waals surface area contributed by atoms with Gasteiger partial charge in [0.15, 0.2) is 0 Å². The number of fused-ring (bicyclic) bond motifs is 1. The Labute approximate surface area is 114 Å². The molecule has 0 fully saturated rings. The summed E-state index contributed by atoms with van der Waals surface area (Å²) in [5.74, 6) is 1.91. The number of benzene rings is 1. The highest BCUT2D eigenvalue weighted by Crippen LogP contribution is 2.19. The second-order valence-corrected chi connectivity index (χ2v) is 5.91. The Kier molecular flexibility index (Phi) is 4.48. The molecule has 1 aromatic carbocycles. The van der Waals surface area contributed by atoms with Gasteiger partial charge in [-0.1, -0.05) is 25.1 Å². The van der Waals surface area contributed by atoms with Crippen LogP contribution in [0.5, 0.6) is 0 Å². The van der Waals surface area contributed by atoms with E-state index in [9.17, 15) is 4.21 Å². The minimum atomic E-state index is -0.790. The van der Waals surface area contributed by atoms with Crippen LogP contribution in [0.15, 0.2) is 30.3 Å². The summed E-state index contributed by atoms with van der Waals surface area (Å²) in [6.07, 6.45) is 0. The van der Waals surface area contributed by atoms with Crippen molar-refractivity contribution in [3.63, 3.8) is 0 Å². The molecule has 0 aliphatic carbocycles. The van der Waals surface area contributed by atoms with Gasteiger partial charge in [-0.25, -0.2) is 4.98 Å². The lowest BCUT2D eigenvalue weighted by Crippen LogP contribution is -2.12. The van der Waals surface area contributed by atoms with Crippen LogP contribution in [0.3, 0.4) is 0 Å². The third-order valence-corrected chi connectivity index (χ3v) is 4.10. The number of hydrogen-bond acceptors (Lipinski definition) is 4. The van der Waals surface area contributed by atoms with Crippen molar-refractivity contribution in [1.29, 1.82) is 5.26 Å². The highest BCUT2D eigenvalue weighted by molar-refractivity contribution is 7.84. The van der Waals surface area contributed by atoms with Gasteiger partial charge in [0.1, 0.15) is 5.82 Å². The zero-order chi connectivity index (χ0) is 13.7. The van der Waals surface area contributed by atoms with E-state index in [2.05, 4.69) is 16.4 Å². The van der Waals surface area contributed by atoms with E-state index < -0.39 is 10.8 Å². The van der Waals surface area contributed by atoms with Crippen molar-refractivity contribution in [2.24, 2.45) is 0 Å². The molecule has 5 heteroatoms. The molecular weight excluding hydrogens is 258 g/mol. The Hall–Kier alpha value is -1.93. The van der Waals surface area contributed by atoms with Crippen molar-refractivity contribution < 1.29 is 4.21 Å². The van der Waals surface area contributed by atoms with Gasteiger partial charge in [0.25, 0.3) is 0 Å². The third-order valence-electron chi connectivity index (χ3n) is 2.79. The van der Waals surface area contributed by atoms with Crippen molar-refractivity contribution in [2.75, 3.05) is 23.4 Å². The van der Waals surface area contributed by atoms with Crippen LogP contribution in [0.2, 0.25) is 0 Å². The molecule has 2 rings (SSSR count). The van der Waals surface area contributed by atoms with Gasteiger partial charge >= 0.3 is 0 Å². The maximum Gasteiger partial charge on any atom is 0.128 e. The van der Waals surface area contributed by atoms with Crippen molar-refractivity contribution in [2.45, 2.75) is 6.92 Å². The molecule has 1 aromatic heterocycles. The maximum atomic E-state index is 11.3. The van der Waals surface area contributed by atoms with E-state index in [-0.39, 0.29) is 0 Å². The monoisotopic (exact) mass is 273 g/mol. The molecule has 0 radical (unpaired) electrons. The van der Waals surface area contributed by atoms with Crippen LogP contribution in [0.25, 0.3) is 10.9 Å². The Morgan fingerprint density at radius 2 is 2.21 bits per heavy atom. The van der Waals surface area contributed by atoms with Crippen LogP contribution < -0.4 is 5.32 Å². The number of nitriles is 1. The van der Waals surface area contributed by atoms with Gasteiger partial charge in [0.2, 0.25) is 0 Å². The molecule has 0 amide bonds. The molecular formula is C14H15N3OS. The molecule has 0 aliphatic rings. The Morgan fingerprint density at radius 3 is 2.95 bits per heavy atom. The fourth-order valence-electron chi connectivity index (χ4n) is 1.80. The largest absolute Gasteiger partial charge is 0.369 e. The summed E-state index contributed by atoms with van der Waals surface area (Å²) in [5, 5.41) is 13.1. The fraction of sp³-hybridized carbons (Fsp3) is 0.286. The number of pyridine rings is 1. The van der Waals surface area contributed by atoms with Gasteiger partial charge in [0.05, 0.1) is 17.1 Å². The summed E-state index contributed by atoms with van der Waals surface area (Å²) < 4.78 is 11.3. The first kappa shape index (κ1) is 13.5. The second-order valence-electron chi connectivity index (χ2n) is 4.04. The molecule has 1 N–H and O–H groups in total. The molecule has 0 bridgehead atoms. The minimum absolute atomic E-state index is 0.590. The van der Waals surface area contributed by atoms with E-state index in [4.69, 9.17) is 5.26 Å². The summed E-state index contributed by atoms with van der Waals surface area (Å²) in [6, 6.07) is 11.5. The van der Waals surface area contributed by atoms with Gasteiger partial charge in [-0.3, -0.25) is 4.21 Å². The molecule has 0 spiro atoms. The summed E-state index contributed by atoms with van der Waals surface area (Å²) in [6.45, 7) is 2.49. The van der Waals surface area contributed by atoms with Crippen LogP contribution in [-0.2, 0) is 10.8 Å². The van der Waals surface area contributed by atoms with E-state index in [0.717, 1.165) is 10.9 Å². The Morgan fingerprint density at radius 1 is 1.42 bits per heavy atom. The Balaban J connectivity index is 2.20. The zero-order valence-electron chi connectivity index (χ0n) is 10.7. The van der Waals surface area contributed by atoms with Gasteiger partial charge in [-0.05, 0) is 12.1 Å². The van der Waals surface area contributed by atoms with Crippen LogP contribution >= 0.6 is 0 Å². The molecule has 4 nitrogen and oxygen atoms in total. The van der Waals surface area contributed by atoms with Crippen LogP contribution in [-0.4, -0.2) is 27.2 Å². The number of aromatic nitrogens is 1. The number of rotatable bonds is 5. The first-order valence-electron chi connectivity index (χ1n) is 6.13. The molecule has 1 heterocycles. The summed E-state index contributed by atoms with van der Waals surface area (Å²) in [5.41, 5.74) is 1.39. The standard InChI is InChI=1S/C14H15N3OS/c1-2-19(18)8-7-16-14-9-11(10-15)12-5-3-4-6-13(12)17-14/h3-6,9H,2,7-8H2,1H3,(H,16,17). The number of nitrogens with one attached hydrogen (secondary N) is 1. The number of anilines is 1. The van der Waals surface area contributed by atoms with Crippen molar-refractivity contribution in [3.8, 4) is 6.07 Å². The summed E-state index contributed by atoms with van der Waals surface area (Å²) in [4.78, 5) is 4.45. The second kappa shape index (κ2) is 6.30. The van der Waals surface area contributed by atoms with Crippen LogP contribution in [0.4, 0.5) is 5.82 Å². The molecule has 2 aromatic rings. The van der Waals surface area contributed by atoms with Crippen molar-refractivity contribution in [3.05, 3.63) is 35.9 Å². The van der Waals surface area contributed by atoms with Crippen molar-refractivity contribution >= 4 is 27.5 Å². The lowest BCUT2D eigenvalue weighted by atomic mass is 10.1. The van der Waals surface area contributed by atoms with E-state index in [0.29, 0.717) is 29.4 Å². The molecule has 1 unspecified atom stereocenters. The number of para-hydroxylation sites is 1. The lowest BCUT2D eigenvalue weighted by molar-refractivity contribution is 0.684. The van der Waals surface area contributed by atoms with Gasteiger partial charge in [0, 0.05) is 34.2 Å². The first-order valence-corrected chi connectivity index (χ1v) is 7.62. The predicted molar refractivity (Wildman–Crippen MR) is 78.5 cm³/mol. The fourth-order valence-corrected chi connectivity index (χ4v) is 2.41. The molecule has 98 valence electrons. The Bertz CT molecular complexity index is 649. The highest BCUT2D eigenvalue weighted by Gasteiger charge is 2.05. The molecule has 0 saturated carbocycles. The summed E-state index contributed by atoms with van der Waals surface area (Å²) >= 11 is 0. The quantitative estimate of drug-likeness (QED) is 0.907. The minimum Gasteiger partial charge on any atom is -0.369 e. The normalized spacial score (nSPS) is 12.0. The highest BCUT2D eigenvalue weighted by atomic mass is 32.2. The number of nitrogens with zero attached hydrogens (tertiary/aromatic N) is 2. The third kappa shape index (κ3) is 3.30. The molecule has 19 heavy (non-hydrogen) atoms. The van der Waals surface area contributed by atoms with Gasteiger partial charge in [-0.2, -0.15) is 5.26 Å². The average Bonchev–Trinajstić information content (AvgIpc) is 2.46. The summed E-state index contributed by atoms with van der Waals surface area (Å²) in [7, 11) is -0.790. The van der Waals surface area contributed by atoms with Crippen LogP contribution in [0.1, 0.15) is 12.5 Å². The van der Waals surface area contributed by atoms with E-state index >= 15 is 0 Å². The predicted octanol–water partition coefficient (Wildman–Crippen LogP) is 2.29. The first-order chi connectivity index (χ1) is 9.24. The zero-order valence-corrected chi connectivity index (χ0v) is 11.5. The van der Waals surface area contributed by atoms with Crippen LogP contribution in [0, 0.1) is 11.3 Å².